The summed E-state index contributed by atoms with van der Waals surface area (Å²) in [5.74, 6) is 0.516. The van der Waals surface area contributed by atoms with Gasteiger partial charge in [0.1, 0.15) is 0 Å². The van der Waals surface area contributed by atoms with Gasteiger partial charge in [0, 0.05) is 49.9 Å². The minimum atomic E-state index is 0.162. The molecule has 0 aliphatic carbocycles. The predicted molar refractivity (Wildman–Crippen MR) is 117 cm³/mol. The summed E-state index contributed by atoms with van der Waals surface area (Å²) < 4.78 is 0. The van der Waals surface area contributed by atoms with Crippen LogP contribution in [0.5, 0.6) is 0 Å². The van der Waals surface area contributed by atoms with Gasteiger partial charge >= 0.3 is 0 Å². The van der Waals surface area contributed by atoms with Crippen molar-refractivity contribution in [2.75, 3.05) is 32.7 Å². The molecule has 160 valence electrons. The van der Waals surface area contributed by atoms with Crippen LogP contribution in [0.4, 0.5) is 0 Å². The molecule has 2 fully saturated rings. The number of nitrogens with zero attached hydrogens (tertiary/aromatic N) is 4. The monoisotopic (exact) mass is 407 g/mol. The first-order valence-corrected chi connectivity index (χ1v) is 11.6. The minimum Gasteiger partial charge on any atom is -0.338 e. The molecule has 3 aliphatic heterocycles. The smallest absolute Gasteiger partial charge is 0.227 e. The lowest BCUT2D eigenvalue weighted by molar-refractivity contribution is -0.138. The van der Waals surface area contributed by atoms with E-state index in [0.717, 1.165) is 65.1 Å². The Hall–Kier alpha value is -2.18. The van der Waals surface area contributed by atoms with Gasteiger partial charge in [-0.15, -0.1) is 0 Å². The van der Waals surface area contributed by atoms with Crippen molar-refractivity contribution in [3.05, 3.63) is 53.3 Å². The largest absolute Gasteiger partial charge is 0.338 e. The second kappa shape index (κ2) is 8.90. The Balaban J connectivity index is 1.13. The Morgan fingerprint density at radius 2 is 1.90 bits per heavy atom. The normalized spacial score (nSPS) is 24.0. The lowest BCUT2D eigenvalue weighted by Crippen LogP contribution is -2.51. The van der Waals surface area contributed by atoms with Crippen molar-refractivity contribution in [1.29, 1.82) is 0 Å². The third-order valence-corrected chi connectivity index (χ3v) is 7.24. The average Bonchev–Trinajstić information content (AvgIpc) is 3.28. The van der Waals surface area contributed by atoms with Crippen LogP contribution in [0.3, 0.4) is 0 Å². The molecule has 1 N–H and O–H groups in total. The standard InChI is InChI=1S/C24H33N5O/c30-24(29-14-10-23-21(18-29)15-25-26-23)20-7-4-11-28(17-20)22-8-12-27(13-9-22)16-19-5-2-1-3-6-19/h1-3,5-6,15,20,22H,4,7-14,16-18H2,(H,25,26). The molecule has 0 spiro atoms. The van der Waals surface area contributed by atoms with Gasteiger partial charge in [-0.25, -0.2) is 0 Å². The van der Waals surface area contributed by atoms with Crippen molar-refractivity contribution < 1.29 is 4.79 Å². The molecule has 0 bridgehead atoms. The maximum atomic E-state index is 13.2. The number of aromatic nitrogens is 2. The predicted octanol–water partition coefficient (Wildman–Crippen LogP) is 2.67. The number of H-pyrrole nitrogens is 1. The van der Waals surface area contributed by atoms with Gasteiger partial charge in [0.05, 0.1) is 12.1 Å². The number of benzene rings is 1. The maximum absolute atomic E-state index is 13.2. The van der Waals surface area contributed by atoms with E-state index in [0.29, 0.717) is 11.9 Å². The van der Waals surface area contributed by atoms with Crippen molar-refractivity contribution in [2.45, 2.75) is 51.2 Å². The summed E-state index contributed by atoms with van der Waals surface area (Å²) in [5.41, 5.74) is 3.79. The molecule has 4 heterocycles. The number of piperidine rings is 2. The van der Waals surface area contributed by atoms with Crippen LogP contribution in [0.15, 0.2) is 36.5 Å². The highest BCUT2D eigenvalue weighted by Crippen LogP contribution is 2.27. The summed E-state index contributed by atoms with van der Waals surface area (Å²) in [6, 6.07) is 11.4. The third kappa shape index (κ3) is 4.30. The number of hydrogen-bond acceptors (Lipinski definition) is 4. The highest BCUT2D eigenvalue weighted by Gasteiger charge is 2.34. The number of fused-ring (bicyclic) bond motifs is 1. The van der Waals surface area contributed by atoms with E-state index in [-0.39, 0.29) is 5.92 Å². The molecule has 0 saturated carbocycles. The third-order valence-electron chi connectivity index (χ3n) is 7.24. The first-order chi connectivity index (χ1) is 14.8. The van der Waals surface area contributed by atoms with Gasteiger partial charge in [-0.2, -0.15) is 5.10 Å². The summed E-state index contributed by atoms with van der Waals surface area (Å²) in [6.45, 7) is 7.01. The van der Waals surface area contributed by atoms with Crippen LogP contribution >= 0.6 is 0 Å². The summed E-state index contributed by atoms with van der Waals surface area (Å²) >= 11 is 0. The fraction of sp³-hybridized carbons (Fsp3) is 0.583. The minimum absolute atomic E-state index is 0.162. The van der Waals surface area contributed by atoms with Crippen LogP contribution < -0.4 is 0 Å². The fourth-order valence-corrected chi connectivity index (χ4v) is 5.49. The lowest BCUT2D eigenvalue weighted by Gasteiger charge is -2.43. The van der Waals surface area contributed by atoms with Gasteiger partial charge in [-0.3, -0.25) is 19.7 Å². The molecule has 2 saturated heterocycles. The topological polar surface area (TPSA) is 55.5 Å². The summed E-state index contributed by atoms with van der Waals surface area (Å²) in [4.78, 5) is 20.5. The molecule has 1 unspecified atom stereocenters. The first-order valence-electron chi connectivity index (χ1n) is 11.6. The summed E-state index contributed by atoms with van der Waals surface area (Å²) in [5, 5.41) is 7.21. The van der Waals surface area contributed by atoms with Gasteiger partial charge in [-0.1, -0.05) is 30.3 Å². The van der Waals surface area contributed by atoms with E-state index in [1.807, 2.05) is 6.20 Å². The van der Waals surface area contributed by atoms with Crippen molar-refractivity contribution in [2.24, 2.45) is 5.92 Å². The van der Waals surface area contributed by atoms with E-state index in [4.69, 9.17) is 0 Å². The molecule has 30 heavy (non-hydrogen) atoms. The number of hydrogen-bond donors (Lipinski definition) is 1. The van der Waals surface area contributed by atoms with Crippen LogP contribution in [0.2, 0.25) is 0 Å². The Bertz CT molecular complexity index is 842. The van der Waals surface area contributed by atoms with Crippen molar-refractivity contribution in [3.8, 4) is 0 Å². The second-order valence-electron chi connectivity index (χ2n) is 9.21. The zero-order chi connectivity index (χ0) is 20.3. The second-order valence-corrected chi connectivity index (χ2v) is 9.21. The van der Waals surface area contributed by atoms with Gasteiger partial charge < -0.3 is 4.90 Å². The van der Waals surface area contributed by atoms with Gasteiger partial charge in [0.15, 0.2) is 0 Å². The molecule has 3 aliphatic rings. The molecule has 6 heteroatoms. The zero-order valence-corrected chi connectivity index (χ0v) is 17.8. The highest BCUT2D eigenvalue weighted by atomic mass is 16.2. The number of amides is 1. The maximum Gasteiger partial charge on any atom is 0.227 e. The van der Waals surface area contributed by atoms with Gasteiger partial charge in [-0.05, 0) is 50.9 Å². The molecule has 1 atom stereocenters. The Kier molecular flexibility index (Phi) is 5.86. The van der Waals surface area contributed by atoms with E-state index >= 15 is 0 Å². The molecular formula is C24H33N5O. The molecule has 2 aromatic rings. The molecule has 1 aromatic carbocycles. The lowest BCUT2D eigenvalue weighted by atomic mass is 9.92. The van der Waals surface area contributed by atoms with Crippen molar-refractivity contribution in [3.63, 3.8) is 0 Å². The van der Waals surface area contributed by atoms with Crippen LogP contribution in [0.25, 0.3) is 0 Å². The van der Waals surface area contributed by atoms with Crippen LogP contribution in [0, 0.1) is 5.92 Å². The van der Waals surface area contributed by atoms with Gasteiger partial charge in [0.2, 0.25) is 5.91 Å². The number of rotatable bonds is 4. The van der Waals surface area contributed by atoms with Crippen molar-refractivity contribution in [1.82, 2.24) is 24.9 Å². The highest BCUT2D eigenvalue weighted by molar-refractivity contribution is 5.79. The average molecular weight is 408 g/mol. The number of likely N-dealkylation sites (tertiary alicyclic amines) is 2. The van der Waals surface area contributed by atoms with Crippen molar-refractivity contribution >= 4 is 5.91 Å². The zero-order valence-electron chi connectivity index (χ0n) is 17.8. The summed E-state index contributed by atoms with van der Waals surface area (Å²) in [6.07, 6.45) is 7.40. The Labute approximate surface area is 179 Å². The number of nitrogens with one attached hydrogen (secondary N) is 1. The molecule has 6 nitrogen and oxygen atoms in total. The molecule has 1 aromatic heterocycles. The summed E-state index contributed by atoms with van der Waals surface area (Å²) in [7, 11) is 0. The van der Waals surface area contributed by atoms with Gasteiger partial charge in [0.25, 0.3) is 0 Å². The molecule has 1 amide bonds. The van der Waals surface area contributed by atoms with E-state index in [1.54, 1.807) is 0 Å². The van der Waals surface area contributed by atoms with E-state index in [2.05, 4.69) is 55.2 Å². The van der Waals surface area contributed by atoms with Crippen LogP contribution in [-0.2, 0) is 24.3 Å². The Morgan fingerprint density at radius 1 is 1.07 bits per heavy atom. The van der Waals surface area contributed by atoms with E-state index in [1.165, 1.54) is 29.7 Å². The van der Waals surface area contributed by atoms with E-state index in [9.17, 15) is 4.79 Å². The number of aromatic amines is 1. The van der Waals surface area contributed by atoms with Crippen LogP contribution in [-0.4, -0.2) is 69.6 Å². The number of carbonyl (C=O) groups is 1. The van der Waals surface area contributed by atoms with E-state index < -0.39 is 0 Å². The SMILES string of the molecule is O=C(C1CCCN(C2CCN(Cc3ccccc3)CC2)C1)N1CCc2[nH]ncc2C1. The molecule has 5 rings (SSSR count). The first kappa shape index (κ1) is 19.8. The number of carbonyl (C=O) groups excluding carboxylic acids is 1. The molecular weight excluding hydrogens is 374 g/mol. The molecule has 0 radical (unpaired) electrons. The fourth-order valence-electron chi connectivity index (χ4n) is 5.49. The quantitative estimate of drug-likeness (QED) is 0.847. The van der Waals surface area contributed by atoms with Crippen LogP contribution in [0.1, 0.15) is 42.5 Å². The Morgan fingerprint density at radius 3 is 2.73 bits per heavy atom.